The third-order valence-corrected chi connectivity index (χ3v) is 10.3. The maximum atomic E-state index is 14.5. The average Bonchev–Trinajstić information content (AvgIpc) is 3.02. The third kappa shape index (κ3) is 9.17. The van der Waals surface area contributed by atoms with E-state index >= 15 is 0 Å². The van der Waals surface area contributed by atoms with Crippen LogP contribution in [0.3, 0.4) is 0 Å². The van der Waals surface area contributed by atoms with Crippen molar-refractivity contribution in [1.29, 1.82) is 0 Å². The van der Waals surface area contributed by atoms with Gasteiger partial charge in [0, 0.05) is 39.1 Å². The number of anilines is 1. The van der Waals surface area contributed by atoms with Crippen molar-refractivity contribution in [3.63, 3.8) is 0 Å². The summed E-state index contributed by atoms with van der Waals surface area (Å²) in [5.74, 6) is -1.02. The molecule has 4 aromatic carbocycles. The fraction of sp³-hybridized carbons (Fsp3) is 0.235. The number of hydrogen-bond acceptors (Lipinski definition) is 4. The lowest BCUT2D eigenvalue weighted by Gasteiger charge is -2.34. The predicted molar refractivity (Wildman–Crippen MR) is 186 cm³/mol. The summed E-state index contributed by atoms with van der Waals surface area (Å²) in [6.07, 6.45) is 0.837. The van der Waals surface area contributed by atoms with Crippen molar-refractivity contribution < 1.29 is 18.0 Å². The Kier molecular flexibility index (Phi) is 12.4. The summed E-state index contributed by atoms with van der Waals surface area (Å²) in [6.45, 7) is 3.08. The first kappa shape index (κ1) is 35.6. The molecule has 2 atom stereocenters. The van der Waals surface area contributed by atoms with Gasteiger partial charge in [0.25, 0.3) is 10.0 Å². The molecule has 0 aliphatic heterocycles. The van der Waals surface area contributed by atoms with Gasteiger partial charge in [0.05, 0.1) is 10.6 Å². The van der Waals surface area contributed by atoms with E-state index in [1.54, 1.807) is 36.4 Å². The highest BCUT2D eigenvalue weighted by atomic mass is 35.5. The second-order valence-corrected chi connectivity index (χ2v) is 14.3. The van der Waals surface area contributed by atoms with Crippen LogP contribution < -0.4 is 9.62 Å². The van der Waals surface area contributed by atoms with E-state index in [4.69, 9.17) is 46.4 Å². The molecule has 0 saturated carbocycles. The van der Waals surface area contributed by atoms with Crippen molar-refractivity contribution in [3.8, 4) is 0 Å². The van der Waals surface area contributed by atoms with Gasteiger partial charge < -0.3 is 10.2 Å². The molecule has 0 fully saturated rings. The fourth-order valence-electron chi connectivity index (χ4n) is 4.72. The van der Waals surface area contributed by atoms with E-state index in [0.29, 0.717) is 27.1 Å². The Hall–Kier alpha value is -3.27. The van der Waals surface area contributed by atoms with Crippen molar-refractivity contribution in [3.05, 3.63) is 128 Å². The second kappa shape index (κ2) is 16.0. The summed E-state index contributed by atoms with van der Waals surface area (Å²) >= 11 is 25.0. The molecule has 7 nitrogen and oxygen atoms in total. The molecule has 0 heterocycles. The van der Waals surface area contributed by atoms with Crippen LogP contribution in [0.15, 0.2) is 102 Å². The number of nitrogens with zero attached hydrogens (tertiary/aromatic N) is 2. The van der Waals surface area contributed by atoms with Crippen LogP contribution in [0.25, 0.3) is 0 Å². The largest absolute Gasteiger partial charge is 0.352 e. The van der Waals surface area contributed by atoms with Gasteiger partial charge in [0.1, 0.15) is 12.6 Å². The van der Waals surface area contributed by atoms with Crippen LogP contribution in [-0.4, -0.2) is 43.8 Å². The lowest BCUT2D eigenvalue weighted by Crippen LogP contribution is -2.54. The number of carbonyl (C=O) groups is 2. The second-order valence-electron chi connectivity index (χ2n) is 10.7. The zero-order chi connectivity index (χ0) is 33.4. The maximum Gasteiger partial charge on any atom is 0.264 e. The molecule has 0 radical (unpaired) electrons. The molecule has 0 bridgehead atoms. The number of hydrogen-bond donors (Lipinski definition) is 1. The molecule has 4 rings (SSSR count). The summed E-state index contributed by atoms with van der Waals surface area (Å²) in [4.78, 5) is 29.7. The fourth-order valence-corrected chi connectivity index (χ4v) is 6.91. The van der Waals surface area contributed by atoms with Gasteiger partial charge in [-0.05, 0) is 79.1 Å². The predicted octanol–water partition coefficient (Wildman–Crippen LogP) is 8.05. The lowest BCUT2D eigenvalue weighted by molar-refractivity contribution is -0.140. The van der Waals surface area contributed by atoms with E-state index in [-0.39, 0.29) is 40.5 Å². The summed E-state index contributed by atoms with van der Waals surface area (Å²) in [5.41, 5.74) is 1.51. The molecular formula is C34H33Cl4N3O4S. The molecule has 4 aromatic rings. The van der Waals surface area contributed by atoms with Gasteiger partial charge in [-0.2, -0.15) is 0 Å². The molecule has 0 spiro atoms. The molecule has 0 unspecified atom stereocenters. The van der Waals surface area contributed by atoms with E-state index in [0.717, 1.165) is 9.87 Å². The van der Waals surface area contributed by atoms with Gasteiger partial charge in [0.15, 0.2) is 0 Å². The number of amides is 2. The minimum absolute atomic E-state index is 0.0766. The van der Waals surface area contributed by atoms with Crippen LogP contribution in [0.4, 0.5) is 5.69 Å². The smallest absolute Gasteiger partial charge is 0.264 e. The van der Waals surface area contributed by atoms with Crippen molar-refractivity contribution in [2.24, 2.45) is 0 Å². The lowest BCUT2D eigenvalue weighted by atomic mass is 10.0. The van der Waals surface area contributed by atoms with Crippen molar-refractivity contribution in [2.75, 3.05) is 10.8 Å². The molecular weight excluding hydrogens is 688 g/mol. The van der Waals surface area contributed by atoms with Gasteiger partial charge in [-0.15, -0.1) is 0 Å². The van der Waals surface area contributed by atoms with Gasteiger partial charge in [-0.3, -0.25) is 13.9 Å². The molecule has 46 heavy (non-hydrogen) atoms. The Bertz CT molecular complexity index is 1770. The number of nitrogens with one attached hydrogen (secondary N) is 1. The zero-order valence-electron chi connectivity index (χ0n) is 25.2. The van der Waals surface area contributed by atoms with Crippen LogP contribution in [0.1, 0.15) is 31.4 Å². The van der Waals surface area contributed by atoms with Gasteiger partial charge in [0.2, 0.25) is 11.8 Å². The molecule has 0 aromatic heterocycles. The van der Waals surface area contributed by atoms with Crippen LogP contribution >= 0.6 is 46.4 Å². The van der Waals surface area contributed by atoms with Crippen LogP contribution in [0.5, 0.6) is 0 Å². The van der Waals surface area contributed by atoms with Gasteiger partial charge >= 0.3 is 0 Å². The minimum Gasteiger partial charge on any atom is -0.352 e. The summed E-state index contributed by atoms with van der Waals surface area (Å²) in [7, 11) is -4.31. The molecule has 2 amide bonds. The summed E-state index contributed by atoms with van der Waals surface area (Å²) in [6, 6.07) is 24.8. The first-order valence-electron chi connectivity index (χ1n) is 14.5. The van der Waals surface area contributed by atoms with E-state index < -0.39 is 28.5 Å². The number of sulfonamides is 1. The highest BCUT2D eigenvalue weighted by molar-refractivity contribution is 7.92. The summed E-state index contributed by atoms with van der Waals surface area (Å²) < 4.78 is 29.2. The highest BCUT2D eigenvalue weighted by Gasteiger charge is 2.35. The molecule has 0 aliphatic rings. The topological polar surface area (TPSA) is 86.8 Å². The summed E-state index contributed by atoms with van der Waals surface area (Å²) in [5, 5.41) is 4.34. The van der Waals surface area contributed by atoms with E-state index in [9.17, 15) is 18.0 Å². The van der Waals surface area contributed by atoms with E-state index in [1.807, 2.05) is 44.2 Å². The van der Waals surface area contributed by atoms with E-state index in [1.165, 1.54) is 35.2 Å². The normalized spacial score (nSPS) is 12.7. The van der Waals surface area contributed by atoms with Crippen molar-refractivity contribution >= 4 is 73.9 Å². The maximum absolute atomic E-state index is 14.5. The Morgan fingerprint density at radius 3 is 2.09 bits per heavy atom. The van der Waals surface area contributed by atoms with Crippen molar-refractivity contribution in [2.45, 2.75) is 50.2 Å². The highest BCUT2D eigenvalue weighted by Crippen LogP contribution is 2.29. The average molecular weight is 722 g/mol. The standard InChI is InChI=1S/C34H33Cl4N3O4S/c1-3-23(2)39-34(43)32(18-24-8-5-4-6-9-24)40(21-25-12-13-28(37)20-31(25)38)33(42)22-41(29-11-7-10-27(36)19-29)46(44,45)30-16-14-26(35)15-17-30/h4-17,19-20,23,32H,3,18,21-22H2,1-2H3,(H,39,43)/t23-,32-/m1/s1. The third-order valence-electron chi connectivity index (χ3n) is 7.40. The molecule has 0 aliphatic carbocycles. The van der Waals surface area contributed by atoms with Gasteiger partial charge in [-0.1, -0.05) is 95.8 Å². The Balaban J connectivity index is 1.83. The number of carbonyl (C=O) groups excluding carboxylic acids is 2. The molecule has 12 heteroatoms. The quantitative estimate of drug-likeness (QED) is 0.152. The number of rotatable bonds is 13. The Morgan fingerprint density at radius 1 is 0.804 bits per heavy atom. The van der Waals surface area contributed by atoms with E-state index in [2.05, 4.69) is 5.32 Å². The first-order chi connectivity index (χ1) is 21.9. The van der Waals surface area contributed by atoms with Crippen LogP contribution in [-0.2, 0) is 32.6 Å². The van der Waals surface area contributed by atoms with Crippen LogP contribution in [0.2, 0.25) is 20.1 Å². The molecule has 0 saturated heterocycles. The SMILES string of the molecule is CC[C@@H](C)NC(=O)[C@@H](Cc1ccccc1)N(Cc1ccc(Cl)cc1Cl)C(=O)CN(c1cccc(Cl)c1)S(=O)(=O)c1ccc(Cl)cc1. The zero-order valence-corrected chi connectivity index (χ0v) is 29.0. The molecule has 1 N–H and O–H groups in total. The number of benzene rings is 4. The van der Waals surface area contributed by atoms with Crippen LogP contribution in [0, 0.1) is 0 Å². The molecule has 242 valence electrons. The number of halogens is 4. The van der Waals surface area contributed by atoms with Crippen molar-refractivity contribution in [1.82, 2.24) is 10.2 Å². The van der Waals surface area contributed by atoms with Gasteiger partial charge in [-0.25, -0.2) is 8.42 Å². The first-order valence-corrected chi connectivity index (χ1v) is 17.5. The monoisotopic (exact) mass is 719 g/mol. The minimum atomic E-state index is -4.31. The Morgan fingerprint density at radius 2 is 1.46 bits per heavy atom. The Labute approximate surface area is 290 Å².